The van der Waals surface area contributed by atoms with Gasteiger partial charge in [0.05, 0.1) is 11.7 Å². The van der Waals surface area contributed by atoms with Crippen molar-refractivity contribution in [3.63, 3.8) is 0 Å². The summed E-state index contributed by atoms with van der Waals surface area (Å²) in [5, 5.41) is 27.8. The molecule has 0 aliphatic rings. The molecule has 2 aromatic rings. The summed E-state index contributed by atoms with van der Waals surface area (Å²) in [6, 6.07) is 10.8. The van der Waals surface area contributed by atoms with Crippen molar-refractivity contribution < 1.29 is 38.2 Å². The van der Waals surface area contributed by atoms with Gasteiger partial charge in [0.2, 0.25) is 0 Å². The van der Waals surface area contributed by atoms with Crippen LogP contribution in [0.3, 0.4) is 0 Å². The Morgan fingerprint density at radius 1 is 0.907 bits per heavy atom. The topological polar surface area (TPSA) is 162 Å². The van der Waals surface area contributed by atoms with Crippen LogP contribution in [0.2, 0.25) is 0 Å². The Balaban J connectivity index is 2.50. The summed E-state index contributed by atoms with van der Waals surface area (Å²) in [5.41, 5.74) is 1.29. The molecule has 6 N–H and O–H groups in total. The quantitative estimate of drug-likeness (QED) is 0.0611. The smallest absolute Gasteiger partial charge is 0.409 e. The number of unbranched alkanes of at least 4 members (excludes halogenated alkanes) is 1. The number of halogens is 2. The first-order valence-corrected chi connectivity index (χ1v) is 19.2. The highest BCUT2D eigenvalue weighted by Crippen LogP contribution is 2.40. The van der Waals surface area contributed by atoms with Gasteiger partial charge in [-0.1, -0.05) is 84.2 Å². The molecule has 302 valence electrons. The zero-order valence-electron chi connectivity index (χ0n) is 33.7. The van der Waals surface area contributed by atoms with Gasteiger partial charge in [-0.3, -0.25) is 24.6 Å². The fourth-order valence-corrected chi connectivity index (χ4v) is 7.11. The van der Waals surface area contributed by atoms with E-state index in [9.17, 15) is 33.8 Å². The van der Waals surface area contributed by atoms with Crippen molar-refractivity contribution in [1.82, 2.24) is 15.5 Å². The van der Waals surface area contributed by atoms with Crippen molar-refractivity contribution >= 4 is 23.6 Å². The van der Waals surface area contributed by atoms with E-state index >= 15 is 4.39 Å². The van der Waals surface area contributed by atoms with E-state index in [4.69, 9.17) is 5.73 Å². The minimum atomic E-state index is -2.38. The van der Waals surface area contributed by atoms with Crippen LogP contribution < -0.4 is 16.4 Å². The summed E-state index contributed by atoms with van der Waals surface area (Å²) < 4.78 is 30.2. The number of carboxylic acid groups (broad SMARTS) is 1. The van der Waals surface area contributed by atoms with E-state index in [-0.39, 0.29) is 50.0 Å². The van der Waals surface area contributed by atoms with Crippen molar-refractivity contribution in [2.45, 2.75) is 155 Å². The predicted molar refractivity (Wildman–Crippen MR) is 208 cm³/mol. The number of nitrogens with one attached hydrogen (secondary N) is 2. The Bertz CT molecular complexity index is 1560. The summed E-state index contributed by atoms with van der Waals surface area (Å²) in [4.78, 5) is 54.6. The second-order valence-corrected chi connectivity index (χ2v) is 16.6. The summed E-state index contributed by atoms with van der Waals surface area (Å²) in [7, 11) is 0. The number of Topliss-reactive ketones (excluding diaryl/α,β-unsaturated/α-hetero) is 2. The largest absolute Gasteiger partial charge is 0.465 e. The molecule has 0 saturated carbocycles. The van der Waals surface area contributed by atoms with Gasteiger partial charge in [0.25, 0.3) is 5.91 Å². The number of rotatable bonds is 22. The molecule has 0 radical (unpaired) electrons. The van der Waals surface area contributed by atoms with E-state index in [1.807, 2.05) is 40.7 Å². The van der Waals surface area contributed by atoms with Gasteiger partial charge in [0.1, 0.15) is 11.6 Å². The van der Waals surface area contributed by atoms with Crippen molar-refractivity contribution in [2.75, 3.05) is 6.54 Å². The van der Waals surface area contributed by atoms with Crippen LogP contribution in [0.15, 0.2) is 48.5 Å². The maximum absolute atomic E-state index is 15.5. The Kier molecular flexibility index (Phi) is 17.0. The third-order valence-electron chi connectivity index (χ3n) is 10.1. The van der Waals surface area contributed by atoms with E-state index in [1.54, 1.807) is 45.0 Å². The molecule has 0 heterocycles. The second-order valence-electron chi connectivity index (χ2n) is 16.6. The van der Waals surface area contributed by atoms with Crippen molar-refractivity contribution in [3.8, 4) is 0 Å². The number of amides is 2. The first kappa shape index (κ1) is 46.4. The number of carbonyl (C=O) groups excluding carboxylic acids is 3. The lowest BCUT2D eigenvalue weighted by atomic mass is 9.79. The predicted octanol–water partition coefficient (Wildman–Crippen LogP) is 7.46. The van der Waals surface area contributed by atoms with Crippen LogP contribution in [0.5, 0.6) is 0 Å². The van der Waals surface area contributed by atoms with Crippen LogP contribution >= 0.6 is 0 Å². The number of benzene rings is 2. The summed E-state index contributed by atoms with van der Waals surface area (Å²) in [6.07, 6.45) is 1.74. The number of aliphatic hydroxyl groups is 1. The average Bonchev–Trinajstić information content (AvgIpc) is 3.08. The number of carbonyl (C=O) groups is 4. The molecule has 0 aliphatic heterocycles. The SMILES string of the molecule is CCCCC(NC(=O)C(C)(O)C(=O)CC(N)CCC)C(=O)CC(C)(C)CNC(CC)(CC(c1ccccc1)c1cc(F)ccc1F)N(C(=O)O)C(C)(C)C. The lowest BCUT2D eigenvalue weighted by Crippen LogP contribution is -2.67. The third kappa shape index (κ3) is 12.7. The van der Waals surface area contributed by atoms with E-state index in [0.29, 0.717) is 18.4 Å². The standard InChI is InChI=1S/C42H64F2N4O6/c1-10-13-20-34(47-37(51)41(9,54)36(50)24-30(45)17-11-2)35(49)26-40(7,8)27-46-42(12-3,48(38(52)53)39(4,5)6)25-32(28-18-15-14-16-19-28)31-23-29(43)21-22-33(31)44/h14-16,18-19,21-23,30,32,34,46,54H,10-13,17,20,24-27,45H2,1-9H3,(H,47,51)(H,52,53). The first-order chi connectivity index (χ1) is 25.0. The van der Waals surface area contributed by atoms with Gasteiger partial charge in [-0.15, -0.1) is 0 Å². The normalized spacial score (nSPS) is 16.0. The molecule has 0 saturated heterocycles. The van der Waals surface area contributed by atoms with Crippen LogP contribution in [0.4, 0.5) is 13.6 Å². The molecule has 0 spiro atoms. The Labute approximate surface area is 320 Å². The lowest BCUT2D eigenvalue weighted by Gasteiger charge is -2.51. The minimum Gasteiger partial charge on any atom is -0.465 e. The Morgan fingerprint density at radius 2 is 1.54 bits per heavy atom. The van der Waals surface area contributed by atoms with Gasteiger partial charge in [-0.2, -0.15) is 0 Å². The van der Waals surface area contributed by atoms with Gasteiger partial charge in [-0.25, -0.2) is 13.6 Å². The Morgan fingerprint density at radius 3 is 2.07 bits per heavy atom. The number of nitrogens with two attached hydrogens (primary N) is 1. The number of nitrogens with zero attached hydrogens (tertiary/aromatic N) is 1. The van der Waals surface area contributed by atoms with Gasteiger partial charge >= 0.3 is 6.09 Å². The fraction of sp³-hybridized carbons (Fsp3) is 0.619. The van der Waals surface area contributed by atoms with Crippen molar-refractivity contribution in [1.29, 1.82) is 0 Å². The molecular weight excluding hydrogens is 694 g/mol. The fourth-order valence-electron chi connectivity index (χ4n) is 7.11. The molecule has 5 unspecified atom stereocenters. The maximum atomic E-state index is 15.5. The highest BCUT2D eigenvalue weighted by atomic mass is 19.1. The molecule has 2 rings (SSSR count). The van der Waals surface area contributed by atoms with Gasteiger partial charge in [-0.05, 0) is 88.1 Å². The van der Waals surface area contributed by atoms with E-state index in [1.165, 1.54) is 4.90 Å². The zero-order valence-corrected chi connectivity index (χ0v) is 33.7. The van der Waals surface area contributed by atoms with Crippen LogP contribution in [-0.2, 0) is 14.4 Å². The third-order valence-corrected chi connectivity index (χ3v) is 10.1. The summed E-state index contributed by atoms with van der Waals surface area (Å²) in [5.74, 6) is -4.01. The van der Waals surface area contributed by atoms with Gasteiger partial charge < -0.3 is 21.3 Å². The molecule has 54 heavy (non-hydrogen) atoms. The van der Waals surface area contributed by atoms with Crippen LogP contribution in [0.1, 0.15) is 137 Å². The van der Waals surface area contributed by atoms with Crippen molar-refractivity contribution in [3.05, 3.63) is 71.3 Å². The van der Waals surface area contributed by atoms with E-state index < -0.39 is 69.6 Å². The van der Waals surface area contributed by atoms with Gasteiger partial charge in [0, 0.05) is 36.9 Å². The molecule has 10 nitrogen and oxygen atoms in total. The second kappa shape index (κ2) is 19.7. The van der Waals surface area contributed by atoms with Crippen LogP contribution in [0.25, 0.3) is 0 Å². The maximum Gasteiger partial charge on any atom is 0.409 e. The average molecular weight is 759 g/mol. The first-order valence-electron chi connectivity index (χ1n) is 19.2. The Hall–Kier alpha value is -3.74. The summed E-state index contributed by atoms with van der Waals surface area (Å²) in [6.45, 7) is 15.9. The highest BCUT2D eigenvalue weighted by molar-refractivity contribution is 6.09. The number of hydrogen-bond donors (Lipinski definition) is 5. The molecule has 0 fully saturated rings. The molecule has 5 atom stereocenters. The van der Waals surface area contributed by atoms with Crippen LogP contribution in [0, 0.1) is 17.0 Å². The number of hydrogen-bond acceptors (Lipinski definition) is 7. The van der Waals surface area contributed by atoms with Gasteiger partial charge in [0.15, 0.2) is 17.2 Å². The van der Waals surface area contributed by atoms with E-state index in [0.717, 1.165) is 38.0 Å². The highest BCUT2D eigenvalue weighted by Gasteiger charge is 2.47. The number of ketones is 2. The minimum absolute atomic E-state index is 0.0295. The lowest BCUT2D eigenvalue weighted by molar-refractivity contribution is -0.152. The molecule has 2 amide bonds. The van der Waals surface area contributed by atoms with Crippen molar-refractivity contribution in [2.24, 2.45) is 11.1 Å². The molecule has 0 bridgehead atoms. The molecule has 12 heteroatoms. The molecule has 0 aromatic heterocycles. The van der Waals surface area contributed by atoms with Crippen LogP contribution in [-0.4, -0.2) is 74.1 Å². The molecule has 2 aromatic carbocycles. The summed E-state index contributed by atoms with van der Waals surface area (Å²) >= 11 is 0. The van der Waals surface area contributed by atoms with E-state index in [2.05, 4.69) is 10.6 Å². The monoisotopic (exact) mass is 758 g/mol. The zero-order chi connectivity index (χ0) is 41.1. The molecule has 0 aliphatic carbocycles. The molecular formula is C42H64F2N4O6.